The van der Waals surface area contributed by atoms with Gasteiger partial charge in [0.05, 0.1) is 18.2 Å². The highest BCUT2D eigenvalue weighted by Gasteiger charge is 2.50. The number of rotatable bonds is 3. The molecule has 1 saturated carbocycles. The van der Waals surface area contributed by atoms with Crippen molar-refractivity contribution in [2.24, 2.45) is 0 Å². The van der Waals surface area contributed by atoms with Gasteiger partial charge in [0.25, 0.3) is 0 Å². The molecule has 15 heavy (non-hydrogen) atoms. The van der Waals surface area contributed by atoms with Gasteiger partial charge in [-0.1, -0.05) is 0 Å². The summed E-state index contributed by atoms with van der Waals surface area (Å²) in [7, 11) is 0. The summed E-state index contributed by atoms with van der Waals surface area (Å²) in [6, 6.07) is -0.451. The first-order valence-electron chi connectivity index (χ1n) is 5.29. The largest absolute Gasteiger partial charge is 0.391 e. The maximum absolute atomic E-state index is 11.5. The lowest BCUT2D eigenvalue weighted by Crippen LogP contribution is -2.62. The zero-order valence-electron chi connectivity index (χ0n) is 8.68. The molecule has 0 aromatic rings. The second-order valence-corrected chi connectivity index (χ2v) is 3.94. The molecule has 1 aliphatic heterocycles. The number of carbonyl (C=O) groups excluding carboxylic acids is 2. The van der Waals surface area contributed by atoms with E-state index in [1.807, 2.05) is 6.92 Å². The summed E-state index contributed by atoms with van der Waals surface area (Å²) < 4.78 is 5.36. The molecule has 1 saturated heterocycles. The number of ether oxygens (including phenoxy) is 1. The monoisotopic (exact) mass is 213 g/mol. The van der Waals surface area contributed by atoms with Gasteiger partial charge in [-0.05, 0) is 6.92 Å². The van der Waals surface area contributed by atoms with Crippen molar-refractivity contribution in [2.45, 2.75) is 44.4 Å². The van der Waals surface area contributed by atoms with E-state index in [4.69, 9.17) is 4.74 Å². The lowest BCUT2D eigenvalue weighted by molar-refractivity contribution is -0.168. The molecule has 1 aliphatic carbocycles. The van der Waals surface area contributed by atoms with Gasteiger partial charge in [-0.2, -0.15) is 0 Å². The lowest BCUT2D eigenvalue weighted by Gasteiger charge is -2.45. The Morgan fingerprint density at radius 3 is 2.47 bits per heavy atom. The van der Waals surface area contributed by atoms with Crippen LogP contribution in [-0.2, 0) is 14.3 Å². The molecular weight excluding hydrogens is 198 g/mol. The van der Waals surface area contributed by atoms with Crippen molar-refractivity contribution in [3.05, 3.63) is 0 Å². The van der Waals surface area contributed by atoms with Crippen molar-refractivity contribution < 1.29 is 19.4 Å². The molecule has 3 atom stereocenters. The zero-order chi connectivity index (χ0) is 11.0. The molecule has 1 heterocycles. The van der Waals surface area contributed by atoms with Crippen LogP contribution in [0.5, 0.6) is 0 Å². The van der Waals surface area contributed by atoms with Gasteiger partial charge in [-0.15, -0.1) is 0 Å². The van der Waals surface area contributed by atoms with Crippen molar-refractivity contribution >= 4 is 11.8 Å². The predicted octanol–water partition coefficient (Wildman–Crippen LogP) is -0.326. The van der Waals surface area contributed by atoms with E-state index in [-0.39, 0.29) is 30.8 Å². The normalized spacial score (nSPS) is 35.9. The molecule has 0 spiro atoms. The van der Waals surface area contributed by atoms with Gasteiger partial charge in [0, 0.05) is 25.9 Å². The van der Waals surface area contributed by atoms with Crippen LogP contribution in [0.15, 0.2) is 0 Å². The van der Waals surface area contributed by atoms with Gasteiger partial charge >= 0.3 is 0 Å². The van der Waals surface area contributed by atoms with Crippen molar-refractivity contribution in [3.63, 3.8) is 0 Å². The molecule has 84 valence electrons. The Bertz CT molecular complexity index is 273. The molecule has 0 radical (unpaired) electrons. The number of aliphatic hydroxyl groups excluding tert-OH is 1. The average Bonchev–Trinajstić information content (AvgIpc) is 2.49. The van der Waals surface area contributed by atoms with Crippen LogP contribution in [0.25, 0.3) is 0 Å². The molecule has 0 bridgehead atoms. The maximum Gasteiger partial charge on any atom is 0.230 e. The fourth-order valence-electron chi connectivity index (χ4n) is 2.21. The van der Waals surface area contributed by atoms with Crippen molar-refractivity contribution in [1.29, 1.82) is 0 Å². The summed E-state index contributed by atoms with van der Waals surface area (Å²) in [6.07, 6.45) is 0.237. The van der Waals surface area contributed by atoms with Crippen LogP contribution in [0.3, 0.4) is 0 Å². The number of imide groups is 1. The van der Waals surface area contributed by atoms with E-state index in [2.05, 4.69) is 0 Å². The smallest absolute Gasteiger partial charge is 0.230 e. The number of hydrogen-bond acceptors (Lipinski definition) is 4. The summed E-state index contributed by atoms with van der Waals surface area (Å²) in [6.45, 7) is 2.39. The standard InChI is InChI=1S/C10H15NO4/c1-2-15-7-5-6(12)10(7)11-8(13)3-4-9(11)14/h6-7,10,12H,2-5H2,1H3. The number of aliphatic hydroxyl groups is 1. The fraction of sp³-hybridized carbons (Fsp3) is 0.800. The number of carbonyl (C=O) groups is 2. The van der Waals surface area contributed by atoms with Crippen LogP contribution in [-0.4, -0.2) is 46.7 Å². The number of amides is 2. The van der Waals surface area contributed by atoms with Gasteiger partial charge < -0.3 is 9.84 Å². The zero-order valence-corrected chi connectivity index (χ0v) is 8.68. The summed E-state index contributed by atoms with van der Waals surface area (Å²) in [5, 5.41) is 9.57. The fourth-order valence-corrected chi connectivity index (χ4v) is 2.21. The van der Waals surface area contributed by atoms with E-state index in [1.54, 1.807) is 0 Å². The second-order valence-electron chi connectivity index (χ2n) is 3.94. The molecule has 2 amide bonds. The Morgan fingerprint density at radius 1 is 1.40 bits per heavy atom. The number of nitrogens with zero attached hydrogens (tertiary/aromatic N) is 1. The minimum Gasteiger partial charge on any atom is -0.391 e. The Balaban J connectivity index is 2.07. The van der Waals surface area contributed by atoms with E-state index >= 15 is 0 Å². The first-order valence-corrected chi connectivity index (χ1v) is 5.29. The molecular formula is C10H15NO4. The Hall–Kier alpha value is -0.940. The SMILES string of the molecule is CCOC1CC(O)C1N1C(=O)CCC1=O. The van der Waals surface area contributed by atoms with E-state index in [0.29, 0.717) is 13.0 Å². The quantitative estimate of drug-likeness (QED) is 0.652. The van der Waals surface area contributed by atoms with Crippen molar-refractivity contribution in [3.8, 4) is 0 Å². The molecule has 2 aliphatic rings. The molecule has 3 unspecified atom stereocenters. The highest BCUT2D eigenvalue weighted by molar-refractivity contribution is 6.02. The Kier molecular flexibility index (Phi) is 2.75. The topological polar surface area (TPSA) is 66.8 Å². The third kappa shape index (κ3) is 1.66. The molecule has 1 N–H and O–H groups in total. The minimum atomic E-state index is -0.618. The molecule has 2 fully saturated rings. The van der Waals surface area contributed by atoms with Crippen LogP contribution in [0, 0.1) is 0 Å². The number of hydrogen-bond donors (Lipinski definition) is 1. The van der Waals surface area contributed by atoms with Crippen molar-refractivity contribution in [2.75, 3.05) is 6.61 Å². The molecule has 0 aromatic heterocycles. The van der Waals surface area contributed by atoms with Crippen LogP contribution < -0.4 is 0 Å². The van der Waals surface area contributed by atoms with E-state index in [1.165, 1.54) is 4.90 Å². The van der Waals surface area contributed by atoms with Gasteiger partial charge in [0.15, 0.2) is 0 Å². The van der Waals surface area contributed by atoms with Crippen LogP contribution in [0.1, 0.15) is 26.2 Å². The first kappa shape index (κ1) is 10.6. The van der Waals surface area contributed by atoms with Crippen LogP contribution >= 0.6 is 0 Å². The summed E-state index contributed by atoms with van der Waals surface area (Å²) in [5.74, 6) is -0.373. The summed E-state index contributed by atoms with van der Waals surface area (Å²) in [4.78, 5) is 24.1. The molecule has 5 nitrogen and oxygen atoms in total. The lowest BCUT2D eigenvalue weighted by atomic mass is 9.84. The maximum atomic E-state index is 11.5. The highest BCUT2D eigenvalue weighted by Crippen LogP contribution is 2.32. The molecule has 2 rings (SSSR count). The second kappa shape index (κ2) is 3.90. The van der Waals surface area contributed by atoms with Crippen molar-refractivity contribution in [1.82, 2.24) is 4.90 Å². The third-order valence-corrected chi connectivity index (χ3v) is 3.02. The summed E-state index contributed by atoms with van der Waals surface area (Å²) >= 11 is 0. The average molecular weight is 213 g/mol. The van der Waals surface area contributed by atoms with E-state index in [0.717, 1.165) is 0 Å². The highest BCUT2D eigenvalue weighted by atomic mass is 16.5. The number of likely N-dealkylation sites (tertiary alicyclic amines) is 1. The molecule has 0 aromatic carbocycles. The van der Waals surface area contributed by atoms with E-state index < -0.39 is 12.1 Å². The van der Waals surface area contributed by atoms with Crippen LogP contribution in [0.2, 0.25) is 0 Å². The molecule has 5 heteroatoms. The Labute approximate surface area is 88.0 Å². The van der Waals surface area contributed by atoms with Gasteiger partial charge in [0.1, 0.15) is 0 Å². The van der Waals surface area contributed by atoms with Gasteiger partial charge in [0.2, 0.25) is 11.8 Å². The van der Waals surface area contributed by atoms with E-state index in [9.17, 15) is 14.7 Å². The predicted molar refractivity (Wildman–Crippen MR) is 50.9 cm³/mol. The van der Waals surface area contributed by atoms with Crippen LogP contribution in [0.4, 0.5) is 0 Å². The first-order chi connectivity index (χ1) is 7.15. The minimum absolute atomic E-state index is 0.184. The summed E-state index contributed by atoms with van der Waals surface area (Å²) in [5.41, 5.74) is 0. The Morgan fingerprint density at radius 2 is 2.00 bits per heavy atom. The van der Waals surface area contributed by atoms with Gasteiger partial charge in [-0.3, -0.25) is 14.5 Å². The van der Waals surface area contributed by atoms with Gasteiger partial charge in [-0.25, -0.2) is 0 Å². The third-order valence-electron chi connectivity index (χ3n) is 3.02.